The van der Waals surface area contributed by atoms with Crippen LogP contribution in [0, 0.1) is 6.92 Å². The van der Waals surface area contributed by atoms with Crippen molar-refractivity contribution >= 4 is 5.91 Å². The standard InChI is InChI=1S/C19H22F2N4O2/c1-12-5-7-13(8-6-12)9-24-19(27)25-16(3-2-4-17(25)22-24)18(26)23-10-14(20)15(21)11-23/h5-8,14-16H,2-4,9-11H2,1H3/t14-,15+,16-/m0/s1. The third kappa shape index (κ3) is 3.28. The molecule has 1 aromatic carbocycles. The predicted octanol–water partition coefficient (Wildman–Crippen LogP) is 1.80. The van der Waals surface area contributed by atoms with Crippen LogP contribution in [0.2, 0.25) is 0 Å². The quantitative estimate of drug-likeness (QED) is 0.821. The van der Waals surface area contributed by atoms with Gasteiger partial charge < -0.3 is 4.90 Å². The predicted molar refractivity (Wildman–Crippen MR) is 95.1 cm³/mol. The first-order valence-electron chi connectivity index (χ1n) is 9.24. The number of carbonyl (C=O) groups is 1. The average Bonchev–Trinajstić information content (AvgIpc) is 3.16. The molecule has 1 amide bonds. The van der Waals surface area contributed by atoms with Gasteiger partial charge in [-0.2, -0.15) is 5.10 Å². The van der Waals surface area contributed by atoms with E-state index in [9.17, 15) is 18.4 Å². The van der Waals surface area contributed by atoms with Crippen molar-refractivity contribution in [2.75, 3.05) is 13.1 Å². The van der Waals surface area contributed by atoms with Crippen LogP contribution in [0.25, 0.3) is 0 Å². The minimum absolute atomic E-state index is 0.252. The summed E-state index contributed by atoms with van der Waals surface area (Å²) in [6.45, 7) is 1.81. The molecule has 3 atom stereocenters. The van der Waals surface area contributed by atoms with Crippen LogP contribution in [-0.4, -0.2) is 50.6 Å². The van der Waals surface area contributed by atoms with E-state index in [-0.39, 0.29) is 18.8 Å². The van der Waals surface area contributed by atoms with E-state index in [0.29, 0.717) is 31.6 Å². The van der Waals surface area contributed by atoms with Gasteiger partial charge in [-0.1, -0.05) is 29.8 Å². The van der Waals surface area contributed by atoms with Crippen molar-refractivity contribution in [2.24, 2.45) is 0 Å². The molecule has 3 heterocycles. The van der Waals surface area contributed by atoms with Gasteiger partial charge in [0.05, 0.1) is 19.6 Å². The van der Waals surface area contributed by atoms with E-state index < -0.39 is 24.3 Å². The molecule has 0 spiro atoms. The Morgan fingerprint density at radius 3 is 2.52 bits per heavy atom. The Balaban J connectivity index is 1.61. The fourth-order valence-electron chi connectivity index (χ4n) is 3.85. The number of amides is 1. The Morgan fingerprint density at radius 1 is 1.19 bits per heavy atom. The van der Waals surface area contributed by atoms with Crippen LogP contribution < -0.4 is 5.69 Å². The number of nitrogens with zero attached hydrogens (tertiary/aromatic N) is 4. The highest BCUT2D eigenvalue weighted by atomic mass is 19.2. The molecule has 144 valence electrons. The number of likely N-dealkylation sites (tertiary alicyclic amines) is 1. The van der Waals surface area contributed by atoms with Crippen LogP contribution in [0.4, 0.5) is 8.78 Å². The lowest BCUT2D eigenvalue weighted by molar-refractivity contribution is -0.134. The molecule has 1 aromatic heterocycles. The first kappa shape index (κ1) is 17.9. The molecule has 0 N–H and O–H groups in total. The Kier molecular flexibility index (Phi) is 4.57. The lowest BCUT2D eigenvalue weighted by atomic mass is 10.0. The van der Waals surface area contributed by atoms with Crippen molar-refractivity contribution in [3.05, 3.63) is 51.7 Å². The maximum atomic E-state index is 13.5. The topological polar surface area (TPSA) is 60.1 Å². The lowest BCUT2D eigenvalue weighted by Crippen LogP contribution is -2.42. The number of fused-ring (bicyclic) bond motifs is 1. The third-order valence-corrected chi connectivity index (χ3v) is 5.36. The van der Waals surface area contributed by atoms with E-state index in [1.54, 1.807) is 0 Å². The Labute approximate surface area is 155 Å². The van der Waals surface area contributed by atoms with Crippen molar-refractivity contribution in [2.45, 2.75) is 51.1 Å². The molecule has 0 saturated carbocycles. The van der Waals surface area contributed by atoms with E-state index in [4.69, 9.17) is 0 Å². The highest BCUT2D eigenvalue weighted by Gasteiger charge is 2.40. The van der Waals surface area contributed by atoms with Crippen LogP contribution in [0.5, 0.6) is 0 Å². The molecule has 2 aliphatic rings. The molecule has 1 saturated heterocycles. The van der Waals surface area contributed by atoms with Gasteiger partial charge in [-0.25, -0.2) is 18.3 Å². The smallest absolute Gasteiger partial charge is 0.335 e. The minimum Gasteiger partial charge on any atom is -0.335 e. The third-order valence-electron chi connectivity index (χ3n) is 5.36. The molecule has 4 rings (SSSR count). The molecule has 0 unspecified atom stereocenters. The summed E-state index contributed by atoms with van der Waals surface area (Å²) in [7, 11) is 0. The second kappa shape index (κ2) is 6.90. The number of rotatable bonds is 3. The SMILES string of the molecule is Cc1ccc(Cn2nc3n(c2=O)[C@H](C(=O)N2C[C@@H](F)[C@@H](F)C2)CCC3)cc1. The van der Waals surface area contributed by atoms with E-state index in [2.05, 4.69) is 5.10 Å². The highest BCUT2D eigenvalue weighted by Crippen LogP contribution is 2.27. The number of hydrogen-bond donors (Lipinski definition) is 0. The largest absolute Gasteiger partial charge is 0.346 e. The molecular weight excluding hydrogens is 354 g/mol. The number of halogens is 2. The Hall–Kier alpha value is -2.51. The van der Waals surface area contributed by atoms with Crippen molar-refractivity contribution in [3.8, 4) is 0 Å². The van der Waals surface area contributed by atoms with Gasteiger partial charge >= 0.3 is 5.69 Å². The van der Waals surface area contributed by atoms with Gasteiger partial charge in [0.1, 0.15) is 11.9 Å². The van der Waals surface area contributed by atoms with Gasteiger partial charge in [0.15, 0.2) is 12.3 Å². The Bertz CT molecular complexity index is 895. The van der Waals surface area contributed by atoms with Crippen LogP contribution in [0.3, 0.4) is 0 Å². The molecule has 0 bridgehead atoms. The molecule has 8 heteroatoms. The molecule has 2 aromatic rings. The molecular formula is C19H22F2N4O2. The number of benzene rings is 1. The van der Waals surface area contributed by atoms with Gasteiger partial charge in [-0.3, -0.25) is 9.36 Å². The van der Waals surface area contributed by atoms with Gasteiger partial charge in [-0.05, 0) is 25.3 Å². The number of carbonyl (C=O) groups excluding carboxylic acids is 1. The maximum Gasteiger partial charge on any atom is 0.346 e. The molecule has 27 heavy (non-hydrogen) atoms. The van der Waals surface area contributed by atoms with Crippen LogP contribution in [0.1, 0.15) is 35.8 Å². The summed E-state index contributed by atoms with van der Waals surface area (Å²) < 4.78 is 29.8. The van der Waals surface area contributed by atoms with Crippen molar-refractivity contribution in [3.63, 3.8) is 0 Å². The molecule has 0 aliphatic carbocycles. The van der Waals surface area contributed by atoms with Gasteiger partial charge in [0.2, 0.25) is 5.91 Å². The maximum absolute atomic E-state index is 13.5. The van der Waals surface area contributed by atoms with Crippen molar-refractivity contribution in [1.29, 1.82) is 0 Å². The molecule has 0 radical (unpaired) electrons. The van der Waals surface area contributed by atoms with Crippen LogP contribution >= 0.6 is 0 Å². The minimum atomic E-state index is -1.65. The van der Waals surface area contributed by atoms with Crippen LogP contribution in [-0.2, 0) is 17.8 Å². The summed E-state index contributed by atoms with van der Waals surface area (Å²) in [4.78, 5) is 26.9. The summed E-state index contributed by atoms with van der Waals surface area (Å²) in [6.07, 6.45) is -1.51. The second-order valence-electron chi connectivity index (χ2n) is 7.40. The van der Waals surface area contributed by atoms with Crippen LogP contribution in [0.15, 0.2) is 29.1 Å². The first-order chi connectivity index (χ1) is 12.9. The zero-order chi connectivity index (χ0) is 19.1. The van der Waals surface area contributed by atoms with E-state index in [1.807, 2.05) is 31.2 Å². The molecule has 2 aliphatic heterocycles. The van der Waals surface area contributed by atoms with Crippen molar-refractivity contribution in [1.82, 2.24) is 19.2 Å². The lowest BCUT2D eigenvalue weighted by Gasteiger charge is -2.26. The first-order valence-corrected chi connectivity index (χ1v) is 9.24. The molecule has 1 fully saturated rings. The zero-order valence-corrected chi connectivity index (χ0v) is 15.1. The van der Waals surface area contributed by atoms with E-state index in [0.717, 1.165) is 11.1 Å². The molecule has 6 nitrogen and oxygen atoms in total. The van der Waals surface area contributed by atoms with Crippen molar-refractivity contribution < 1.29 is 13.6 Å². The summed E-state index contributed by atoms with van der Waals surface area (Å²) in [5.41, 5.74) is 1.72. The second-order valence-corrected chi connectivity index (χ2v) is 7.40. The Morgan fingerprint density at radius 2 is 1.85 bits per heavy atom. The number of aryl methyl sites for hydroxylation is 2. The van der Waals surface area contributed by atoms with Gasteiger partial charge in [0.25, 0.3) is 0 Å². The number of aromatic nitrogens is 3. The summed E-state index contributed by atoms with van der Waals surface area (Å²) in [5.74, 6) is 0.167. The van der Waals surface area contributed by atoms with Gasteiger partial charge in [-0.15, -0.1) is 0 Å². The zero-order valence-electron chi connectivity index (χ0n) is 15.1. The van der Waals surface area contributed by atoms with E-state index in [1.165, 1.54) is 14.1 Å². The average molecular weight is 376 g/mol. The fraction of sp³-hybridized carbons (Fsp3) is 0.526. The fourth-order valence-corrected chi connectivity index (χ4v) is 3.85. The van der Waals surface area contributed by atoms with E-state index >= 15 is 0 Å². The van der Waals surface area contributed by atoms with Gasteiger partial charge in [0, 0.05) is 6.42 Å². The highest BCUT2D eigenvalue weighted by molar-refractivity contribution is 5.81. The number of alkyl halides is 2. The summed E-state index contributed by atoms with van der Waals surface area (Å²) in [5, 5.41) is 4.41. The monoisotopic (exact) mass is 376 g/mol. The summed E-state index contributed by atoms with van der Waals surface area (Å²) >= 11 is 0. The number of hydrogen-bond acceptors (Lipinski definition) is 3. The summed E-state index contributed by atoms with van der Waals surface area (Å²) in [6, 6.07) is 7.09. The normalized spacial score (nSPS) is 24.9.